The lowest BCUT2D eigenvalue weighted by Gasteiger charge is -2.02. The summed E-state index contributed by atoms with van der Waals surface area (Å²) in [6.07, 6.45) is 0.573. The second-order valence-electron chi connectivity index (χ2n) is 2.63. The van der Waals surface area contributed by atoms with E-state index in [-0.39, 0.29) is 6.42 Å². The fourth-order valence-electron chi connectivity index (χ4n) is 0.976. The highest BCUT2D eigenvalue weighted by Crippen LogP contribution is 2.21. The number of aliphatic carboxylic acids is 1. The molecule has 0 aliphatic rings. The quantitative estimate of drug-likeness (QED) is 0.910. The van der Waals surface area contributed by atoms with Crippen LogP contribution in [0, 0.1) is 0 Å². The molecule has 0 spiro atoms. The van der Waals surface area contributed by atoms with Crippen LogP contribution < -0.4 is 0 Å². The summed E-state index contributed by atoms with van der Waals surface area (Å²) in [5.41, 5.74) is 0.860. The molecule has 1 aromatic rings. The predicted octanol–water partition coefficient (Wildman–Crippen LogP) is 3.12. The normalized spacial score (nSPS) is 10.0. The van der Waals surface area contributed by atoms with E-state index in [1.54, 1.807) is 6.07 Å². The van der Waals surface area contributed by atoms with E-state index in [9.17, 15) is 4.79 Å². The van der Waals surface area contributed by atoms with Gasteiger partial charge in [-0.15, -0.1) is 0 Å². The largest absolute Gasteiger partial charge is 0.481 e. The highest BCUT2D eigenvalue weighted by atomic mass is 79.9. The molecule has 0 saturated heterocycles. The van der Waals surface area contributed by atoms with Crippen LogP contribution in [0.25, 0.3) is 0 Å². The summed E-state index contributed by atoms with van der Waals surface area (Å²) in [5.74, 6) is -0.809. The predicted molar refractivity (Wildman–Crippen MR) is 55.1 cm³/mol. The molecule has 0 fully saturated rings. The van der Waals surface area contributed by atoms with Gasteiger partial charge in [0.2, 0.25) is 0 Å². The van der Waals surface area contributed by atoms with E-state index in [1.165, 1.54) is 0 Å². The van der Waals surface area contributed by atoms with Gasteiger partial charge in [0.1, 0.15) is 0 Å². The minimum absolute atomic E-state index is 0.107. The van der Waals surface area contributed by atoms with Crippen molar-refractivity contribution in [2.45, 2.75) is 12.8 Å². The molecule has 13 heavy (non-hydrogen) atoms. The first kappa shape index (κ1) is 10.5. The molecule has 2 nitrogen and oxygen atoms in total. The molecule has 70 valence electrons. The standard InChI is InChI=1S/C9H8BrClO2/c10-7-2-3-8(11)6(5-7)1-4-9(12)13/h2-3,5H,1,4H2,(H,12,13). The summed E-state index contributed by atoms with van der Waals surface area (Å²) in [6, 6.07) is 5.42. The van der Waals surface area contributed by atoms with Gasteiger partial charge in [-0.2, -0.15) is 0 Å². The van der Waals surface area contributed by atoms with Gasteiger partial charge in [0.15, 0.2) is 0 Å². The van der Waals surface area contributed by atoms with E-state index < -0.39 is 5.97 Å². The smallest absolute Gasteiger partial charge is 0.303 e. The molecular weight excluding hydrogens is 255 g/mol. The molecule has 0 heterocycles. The molecule has 1 rings (SSSR count). The molecule has 0 atom stereocenters. The molecule has 0 aliphatic carbocycles. The number of rotatable bonds is 3. The molecule has 0 unspecified atom stereocenters. The molecule has 0 saturated carbocycles. The topological polar surface area (TPSA) is 37.3 Å². The third-order valence-corrected chi connectivity index (χ3v) is 2.48. The van der Waals surface area contributed by atoms with Crippen LogP contribution in [0.2, 0.25) is 5.02 Å². The molecule has 4 heteroatoms. The lowest BCUT2D eigenvalue weighted by Crippen LogP contribution is -1.97. The van der Waals surface area contributed by atoms with E-state index in [4.69, 9.17) is 16.7 Å². The van der Waals surface area contributed by atoms with Gasteiger partial charge in [0.25, 0.3) is 0 Å². The maximum atomic E-state index is 10.3. The van der Waals surface area contributed by atoms with E-state index in [2.05, 4.69) is 15.9 Å². The molecule has 1 N–H and O–H groups in total. The van der Waals surface area contributed by atoms with Crippen molar-refractivity contribution in [2.75, 3.05) is 0 Å². The second kappa shape index (κ2) is 4.63. The van der Waals surface area contributed by atoms with Gasteiger partial charge in [-0.1, -0.05) is 27.5 Å². The van der Waals surface area contributed by atoms with Crippen molar-refractivity contribution < 1.29 is 9.90 Å². The van der Waals surface area contributed by atoms with Crippen LogP contribution in [0.15, 0.2) is 22.7 Å². The van der Waals surface area contributed by atoms with Gasteiger partial charge < -0.3 is 5.11 Å². The van der Waals surface area contributed by atoms with Crippen LogP contribution >= 0.6 is 27.5 Å². The average molecular weight is 264 g/mol. The Morgan fingerprint density at radius 3 is 2.85 bits per heavy atom. The monoisotopic (exact) mass is 262 g/mol. The van der Waals surface area contributed by atoms with Gasteiger partial charge in [0, 0.05) is 15.9 Å². The van der Waals surface area contributed by atoms with Crippen LogP contribution in [-0.2, 0) is 11.2 Å². The van der Waals surface area contributed by atoms with Crippen molar-refractivity contribution in [1.29, 1.82) is 0 Å². The zero-order valence-electron chi connectivity index (χ0n) is 6.76. The van der Waals surface area contributed by atoms with Gasteiger partial charge in [-0.05, 0) is 30.2 Å². The molecule has 1 aromatic carbocycles. The van der Waals surface area contributed by atoms with Crippen LogP contribution in [0.4, 0.5) is 0 Å². The summed E-state index contributed by atoms with van der Waals surface area (Å²) in [7, 11) is 0. The molecule has 0 amide bonds. The molecule has 0 bridgehead atoms. The molecular formula is C9H8BrClO2. The van der Waals surface area contributed by atoms with Crippen LogP contribution in [-0.4, -0.2) is 11.1 Å². The number of hydrogen-bond donors (Lipinski definition) is 1. The van der Waals surface area contributed by atoms with Gasteiger partial charge >= 0.3 is 5.97 Å². The van der Waals surface area contributed by atoms with Crippen LogP contribution in [0.3, 0.4) is 0 Å². The number of benzene rings is 1. The third kappa shape index (κ3) is 3.36. The minimum Gasteiger partial charge on any atom is -0.481 e. The lowest BCUT2D eigenvalue weighted by atomic mass is 10.1. The van der Waals surface area contributed by atoms with Crippen molar-refractivity contribution in [3.05, 3.63) is 33.3 Å². The summed E-state index contributed by atoms with van der Waals surface area (Å²) in [6.45, 7) is 0. The number of halogens is 2. The van der Waals surface area contributed by atoms with Gasteiger partial charge in [-0.25, -0.2) is 0 Å². The van der Waals surface area contributed by atoms with E-state index in [0.717, 1.165) is 10.0 Å². The highest BCUT2D eigenvalue weighted by molar-refractivity contribution is 9.10. The number of carboxylic acid groups (broad SMARTS) is 1. The summed E-state index contributed by atoms with van der Waals surface area (Å²) < 4.78 is 0.914. The summed E-state index contributed by atoms with van der Waals surface area (Å²) in [4.78, 5) is 10.3. The average Bonchev–Trinajstić information content (AvgIpc) is 2.06. The first-order valence-corrected chi connectivity index (χ1v) is 4.92. The van der Waals surface area contributed by atoms with Crippen LogP contribution in [0.5, 0.6) is 0 Å². The Bertz CT molecular complexity index is 325. The van der Waals surface area contributed by atoms with E-state index in [1.807, 2.05) is 12.1 Å². The lowest BCUT2D eigenvalue weighted by molar-refractivity contribution is -0.136. The zero-order chi connectivity index (χ0) is 9.84. The fourth-order valence-corrected chi connectivity index (χ4v) is 1.60. The Balaban J connectivity index is 2.75. The fraction of sp³-hybridized carbons (Fsp3) is 0.222. The van der Waals surface area contributed by atoms with Crippen molar-refractivity contribution >= 4 is 33.5 Å². The molecule has 0 radical (unpaired) electrons. The maximum Gasteiger partial charge on any atom is 0.303 e. The Hall–Kier alpha value is -0.540. The number of hydrogen-bond acceptors (Lipinski definition) is 1. The number of carbonyl (C=O) groups is 1. The Morgan fingerprint density at radius 1 is 1.54 bits per heavy atom. The summed E-state index contributed by atoms with van der Waals surface area (Å²) >= 11 is 9.16. The van der Waals surface area contributed by atoms with Crippen molar-refractivity contribution in [1.82, 2.24) is 0 Å². The maximum absolute atomic E-state index is 10.3. The second-order valence-corrected chi connectivity index (χ2v) is 3.95. The van der Waals surface area contributed by atoms with Gasteiger partial charge in [0.05, 0.1) is 0 Å². The first-order valence-electron chi connectivity index (χ1n) is 3.75. The van der Waals surface area contributed by atoms with Crippen LogP contribution in [0.1, 0.15) is 12.0 Å². The van der Waals surface area contributed by atoms with Crippen molar-refractivity contribution in [3.8, 4) is 0 Å². The van der Waals surface area contributed by atoms with E-state index in [0.29, 0.717) is 11.4 Å². The SMILES string of the molecule is O=C(O)CCc1cc(Br)ccc1Cl. The molecule has 0 aliphatic heterocycles. The Morgan fingerprint density at radius 2 is 2.23 bits per heavy atom. The van der Waals surface area contributed by atoms with E-state index >= 15 is 0 Å². The zero-order valence-corrected chi connectivity index (χ0v) is 9.10. The molecule has 0 aromatic heterocycles. The van der Waals surface area contributed by atoms with Gasteiger partial charge in [-0.3, -0.25) is 4.79 Å². The highest BCUT2D eigenvalue weighted by Gasteiger charge is 2.03. The van der Waals surface area contributed by atoms with Crippen molar-refractivity contribution in [3.63, 3.8) is 0 Å². The Kier molecular flexibility index (Phi) is 3.75. The first-order chi connectivity index (χ1) is 6.09. The third-order valence-electron chi connectivity index (χ3n) is 1.62. The Labute approximate surface area is 89.7 Å². The number of aryl methyl sites for hydroxylation is 1. The minimum atomic E-state index is -0.809. The number of carboxylic acids is 1. The summed E-state index contributed by atoms with van der Waals surface area (Å²) in [5, 5.41) is 9.10. The van der Waals surface area contributed by atoms with Crippen molar-refractivity contribution in [2.24, 2.45) is 0 Å².